The van der Waals surface area contributed by atoms with E-state index in [1.165, 1.54) is 29.8 Å². The molecule has 3 nitrogen and oxygen atoms in total. The van der Waals surface area contributed by atoms with Gasteiger partial charge in [0.05, 0.1) is 16.8 Å². The van der Waals surface area contributed by atoms with Gasteiger partial charge in [0.1, 0.15) is 0 Å². The molecule has 2 unspecified atom stereocenters. The van der Waals surface area contributed by atoms with Crippen LogP contribution in [0.15, 0.2) is 35.7 Å². The van der Waals surface area contributed by atoms with Crippen LogP contribution in [0.25, 0.3) is 0 Å². The number of hydrogen-bond acceptors (Lipinski definition) is 4. The van der Waals surface area contributed by atoms with Crippen molar-refractivity contribution in [3.8, 4) is 0 Å². The highest BCUT2D eigenvalue weighted by Gasteiger charge is 2.17. The fourth-order valence-corrected chi connectivity index (χ4v) is 3.62. The lowest BCUT2D eigenvalue weighted by Gasteiger charge is -2.21. The normalized spacial score (nSPS) is 20.3. The topological polar surface area (TPSA) is 48.1 Å². The first-order valence-electron chi connectivity index (χ1n) is 7.66. The first kappa shape index (κ1) is 14.7. The first-order chi connectivity index (χ1) is 10.3. The lowest BCUT2D eigenvalue weighted by atomic mass is 10.0. The summed E-state index contributed by atoms with van der Waals surface area (Å²) in [6, 6.07) is 10.2. The predicted molar refractivity (Wildman–Crippen MR) is 86.5 cm³/mol. The van der Waals surface area contributed by atoms with Crippen molar-refractivity contribution in [1.82, 2.24) is 4.98 Å². The molecule has 2 heterocycles. The molecular formula is C17H22N2OS. The zero-order chi connectivity index (χ0) is 14.5. The Balaban J connectivity index is 1.57. The molecule has 2 N–H and O–H groups in total. The van der Waals surface area contributed by atoms with Crippen molar-refractivity contribution in [2.75, 3.05) is 6.61 Å². The van der Waals surface area contributed by atoms with Gasteiger partial charge in [0, 0.05) is 30.9 Å². The van der Waals surface area contributed by atoms with Gasteiger partial charge in [-0.25, -0.2) is 4.98 Å². The molecule has 2 atom stereocenters. The molecule has 2 aromatic rings. The van der Waals surface area contributed by atoms with Crippen LogP contribution in [0.2, 0.25) is 0 Å². The largest absolute Gasteiger partial charge is 0.378 e. The van der Waals surface area contributed by atoms with Gasteiger partial charge in [0.25, 0.3) is 0 Å². The standard InChI is InChI=1S/C17H22N2OS/c18-16(13-6-2-1-3-7-13)10-14-12-21-17(19-14)11-15-8-4-5-9-20-15/h1-3,6-7,12,15-16H,4-5,8-11,18H2. The van der Waals surface area contributed by atoms with Crippen LogP contribution in [0.4, 0.5) is 0 Å². The molecule has 0 spiro atoms. The molecule has 1 aliphatic rings. The molecule has 1 fully saturated rings. The van der Waals surface area contributed by atoms with Crippen molar-refractivity contribution in [2.45, 2.75) is 44.2 Å². The summed E-state index contributed by atoms with van der Waals surface area (Å²) in [6.07, 6.45) is 5.75. The van der Waals surface area contributed by atoms with E-state index < -0.39 is 0 Å². The highest BCUT2D eigenvalue weighted by molar-refractivity contribution is 7.09. The highest BCUT2D eigenvalue weighted by atomic mass is 32.1. The molecule has 1 aliphatic heterocycles. The summed E-state index contributed by atoms with van der Waals surface area (Å²) in [4.78, 5) is 4.73. The summed E-state index contributed by atoms with van der Waals surface area (Å²) in [5.41, 5.74) is 8.53. The molecule has 112 valence electrons. The van der Waals surface area contributed by atoms with E-state index in [0.717, 1.165) is 25.1 Å². The Labute approximate surface area is 130 Å². The minimum Gasteiger partial charge on any atom is -0.378 e. The second kappa shape index (κ2) is 7.16. The van der Waals surface area contributed by atoms with Crippen LogP contribution in [0.3, 0.4) is 0 Å². The third kappa shape index (κ3) is 4.13. The van der Waals surface area contributed by atoms with Gasteiger partial charge < -0.3 is 10.5 Å². The van der Waals surface area contributed by atoms with Gasteiger partial charge in [0.15, 0.2) is 0 Å². The molecule has 1 aromatic heterocycles. The van der Waals surface area contributed by atoms with Crippen molar-refractivity contribution in [3.63, 3.8) is 0 Å². The van der Waals surface area contributed by atoms with Crippen LogP contribution >= 0.6 is 11.3 Å². The zero-order valence-electron chi connectivity index (χ0n) is 12.2. The minimum absolute atomic E-state index is 0.0204. The van der Waals surface area contributed by atoms with E-state index in [1.807, 2.05) is 18.2 Å². The van der Waals surface area contributed by atoms with E-state index in [2.05, 4.69) is 17.5 Å². The Kier molecular flexibility index (Phi) is 5.01. The third-order valence-electron chi connectivity index (χ3n) is 3.93. The quantitative estimate of drug-likeness (QED) is 0.919. The number of ether oxygens (including phenoxy) is 1. The lowest BCUT2D eigenvalue weighted by molar-refractivity contribution is 0.0167. The van der Waals surface area contributed by atoms with Crippen molar-refractivity contribution >= 4 is 11.3 Å². The van der Waals surface area contributed by atoms with Gasteiger partial charge in [-0.1, -0.05) is 30.3 Å². The molecule has 0 aliphatic carbocycles. The molecule has 1 aromatic carbocycles. The molecule has 0 amide bonds. The van der Waals surface area contributed by atoms with Crippen LogP contribution < -0.4 is 5.73 Å². The van der Waals surface area contributed by atoms with Crippen LogP contribution in [-0.2, 0) is 17.6 Å². The highest BCUT2D eigenvalue weighted by Crippen LogP contribution is 2.22. The van der Waals surface area contributed by atoms with Crippen molar-refractivity contribution in [3.05, 3.63) is 52.0 Å². The second-order valence-corrected chi connectivity index (χ2v) is 6.59. The fraction of sp³-hybridized carbons (Fsp3) is 0.471. The summed E-state index contributed by atoms with van der Waals surface area (Å²) >= 11 is 1.73. The van der Waals surface area contributed by atoms with Gasteiger partial charge in [-0.3, -0.25) is 0 Å². The van der Waals surface area contributed by atoms with Crippen molar-refractivity contribution in [1.29, 1.82) is 0 Å². The van der Waals surface area contributed by atoms with E-state index in [9.17, 15) is 0 Å². The number of aromatic nitrogens is 1. The average molecular weight is 302 g/mol. The Morgan fingerprint density at radius 1 is 1.29 bits per heavy atom. The average Bonchev–Trinajstić information content (AvgIpc) is 2.96. The summed E-state index contributed by atoms with van der Waals surface area (Å²) in [5, 5.41) is 3.32. The van der Waals surface area contributed by atoms with Crippen LogP contribution in [-0.4, -0.2) is 17.7 Å². The van der Waals surface area contributed by atoms with Gasteiger partial charge in [0.2, 0.25) is 0 Å². The van der Waals surface area contributed by atoms with E-state index in [-0.39, 0.29) is 6.04 Å². The predicted octanol–water partition coefficient (Wildman–Crippen LogP) is 3.50. The number of nitrogens with zero attached hydrogens (tertiary/aromatic N) is 1. The third-order valence-corrected chi connectivity index (χ3v) is 4.85. The Morgan fingerprint density at radius 3 is 2.90 bits per heavy atom. The maximum atomic E-state index is 6.26. The van der Waals surface area contributed by atoms with Crippen molar-refractivity contribution in [2.24, 2.45) is 5.73 Å². The Hall–Kier alpha value is -1.23. The first-order valence-corrected chi connectivity index (χ1v) is 8.54. The SMILES string of the molecule is NC(Cc1csc(CC2CCCCO2)n1)c1ccccc1. The van der Waals surface area contributed by atoms with Gasteiger partial charge in [-0.15, -0.1) is 11.3 Å². The molecule has 21 heavy (non-hydrogen) atoms. The smallest absolute Gasteiger partial charge is 0.0954 e. The maximum absolute atomic E-state index is 6.26. The minimum atomic E-state index is 0.0204. The maximum Gasteiger partial charge on any atom is 0.0954 e. The summed E-state index contributed by atoms with van der Waals surface area (Å²) in [6.45, 7) is 0.905. The molecular weight excluding hydrogens is 280 g/mol. The Bertz CT molecular complexity index is 549. The molecule has 0 radical (unpaired) electrons. The molecule has 0 saturated carbocycles. The van der Waals surface area contributed by atoms with E-state index >= 15 is 0 Å². The van der Waals surface area contributed by atoms with Crippen LogP contribution in [0, 0.1) is 0 Å². The Morgan fingerprint density at radius 2 is 2.14 bits per heavy atom. The van der Waals surface area contributed by atoms with Gasteiger partial charge >= 0.3 is 0 Å². The fourth-order valence-electron chi connectivity index (χ4n) is 2.74. The summed E-state index contributed by atoms with van der Waals surface area (Å²) in [5.74, 6) is 0. The lowest BCUT2D eigenvalue weighted by Crippen LogP contribution is -2.21. The number of nitrogens with two attached hydrogens (primary N) is 1. The molecule has 0 bridgehead atoms. The summed E-state index contributed by atoms with van der Waals surface area (Å²) in [7, 11) is 0. The van der Waals surface area contributed by atoms with E-state index in [4.69, 9.17) is 15.5 Å². The number of rotatable bonds is 5. The molecule has 3 rings (SSSR count). The second-order valence-electron chi connectivity index (χ2n) is 5.65. The van der Waals surface area contributed by atoms with Gasteiger partial charge in [-0.2, -0.15) is 0 Å². The monoisotopic (exact) mass is 302 g/mol. The molecule has 1 saturated heterocycles. The summed E-state index contributed by atoms with van der Waals surface area (Å²) < 4.78 is 5.78. The van der Waals surface area contributed by atoms with E-state index in [1.54, 1.807) is 11.3 Å². The van der Waals surface area contributed by atoms with E-state index in [0.29, 0.717) is 6.10 Å². The van der Waals surface area contributed by atoms with Gasteiger partial charge in [-0.05, 0) is 24.8 Å². The molecule has 4 heteroatoms. The number of thiazole rings is 1. The van der Waals surface area contributed by atoms with Crippen LogP contribution in [0.5, 0.6) is 0 Å². The zero-order valence-corrected chi connectivity index (χ0v) is 13.0. The van der Waals surface area contributed by atoms with Crippen molar-refractivity contribution < 1.29 is 4.74 Å². The number of benzene rings is 1. The van der Waals surface area contributed by atoms with Crippen LogP contribution in [0.1, 0.15) is 41.6 Å². The number of hydrogen-bond donors (Lipinski definition) is 1.